The first-order valence-electron chi connectivity index (χ1n) is 5.65. The Morgan fingerprint density at radius 1 is 1.67 bits per heavy atom. The second-order valence-electron chi connectivity index (χ2n) is 3.89. The van der Waals surface area contributed by atoms with Gasteiger partial charge in [-0.15, -0.1) is 0 Å². The zero-order chi connectivity index (χ0) is 11.1. The summed E-state index contributed by atoms with van der Waals surface area (Å²) in [5.74, 6) is -0.0403. The van der Waals surface area contributed by atoms with Gasteiger partial charge in [-0.2, -0.15) is 0 Å². The molecule has 0 radical (unpaired) electrons. The van der Waals surface area contributed by atoms with Crippen molar-refractivity contribution in [3.8, 4) is 0 Å². The predicted octanol–water partition coefficient (Wildman–Crippen LogP) is 1.12. The van der Waals surface area contributed by atoms with Gasteiger partial charge in [-0.1, -0.05) is 0 Å². The molecule has 0 saturated carbocycles. The highest BCUT2D eigenvalue weighted by molar-refractivity contribution is 5.69. The number of aliphatic hydroxyl groups excluding tert-OH is 1. The fraction of sp³-hybridized carbons (Fsp3) is 0.909. The van der Waals surface area contributed by atoms with Gasteiger partial charge in [0.25, 0.3) is 0 Å². The summed E-state index contributed by atoms with van der Waals surface area (Å²) >= 11 is 0. The Bertz CT molecular complexity index is 187. The molecule has 0 amide bonds. The number of ether oxygens (including phenoxy) is 2. The minimum absolute atomic E-state index is 0.188. The van der Waals surface area contributed by atoms with E-state index in [1.165, 1.54) is 0 Å². The Morgan fingerprint density at radius 3 is 3.07 bits per heavy atom. The first-order valence-corrected chi connectivity index (χ1v) is 5.65. The summed E-state index contributed by atoms with van der Waals surface area (Å²) < 4.78 is 10.1. The molecule has 15 heavy (non-hydrogen) atoms. The highest BCUT2D eigenvalue weighted by Crippen LogP contribution is 2.20. The zero-order valence-corrected chi connectivity index (χ0v) is 9.28. The molecule has 1 aliphatic heterocycles. The number of hydrogen-bond donors (Lipinski definition) is 1. The molecule has 4 nitrogen and oxygen atoms in total. The van der Waals surface area contributed by atoms with Gasteiger partial charge in [0.2, 0.25) is 0 Å². The second-order valence-corrected chi connectivity index (χ2v) is 3.89. The lowest BCUT2D eigenvalue weighted by Gasteiger charge is -2.26. The summed E-state index contributed by atoms with van der Waals surface area (Å²) in [5.41, 5.74) is 0. The summed E-state index contributed by atoms with van der Waals surface area (Å²) in [4.78, 5) is 11.1. The summed E-state index contributed by atoms with van der Waals surface area (Å²) in [6, 6.07) is 0. The van der Waals surface area contributed by atoms with Gasteiger partial charge in [-0.05, 0) is 26.2 Å². The first kappa shape index (κ1) is 12.5. The third-order valence-corrected chi connectivity index (χ3v) is 2.69. The van der Waals surface area contributed by atoms with Crippen LogP contribution < -0.4 is 0 Å². The molecule has 1 rings (SSSR count). The van der Waals surface area contributed by atoms with E-state index in [1.54, 1.807) is 6.92 Å². The molecule has 1 fully saturated rings. The summed E-state index contributed by atoms with van der Waals surface area (Å²) in [6.07, 6.45) is 2.33. The fourth-order valence-corrected chi connectivity index (χ4v) is 1.80. The van der Waals surface area contributed by atoms with Crippen LogP contribution in [-0.2, 0) is 14.3 Å². The van der Waals surface area contributed by atoms with Crippen LogP contribution in [0.5, 0.6) is 0 Å². The fourth-order valence-electron chi connectivity index (χ4n) is 1.80. The van der Waals surface area contributed by atoms with Crippen LogP contribution in [0.15, 0.2) is 0 Å². The smallest absolute Gasteiger partial charge is 0.305 e. The van der Waals surface area contributed by atoms with Gasteiger partial charge in [0.05, 0.1) is 19.3 Å². The molecule has 2 unspecified atom stereocenters. The largest absolute Gasteiger partial charge is 0.466 e. The van der Waals surface area contributed by atoms with Crippen LogP contribution in [0.25, 0.3) is 0 Å². The van der Waals surface area contributed by atoms with Gasteiger partial charge >= 0.3 is 5.97 Å². The van der Waals surface area contributed by atoms with Gasteiger partial charge in [0.15, 0.2) is 0 Å². The molecule has 0 aliphatic carbocycles. The average molecular weight is 216 g/mol. The normalized spacial score (nSPS) is 23.5. The molecule has 0 aromatic heterocycles. The van der Waals surface area contributed by atoms with E-state index in [1.807, 2.05) is 0 Å². The van der Waals surface area contributed by atoms with Gasteiger partial charge in [0, 0.05) is 18.9 Å². The van der Waals surface area contributed by atoms with Crippen molar-refractivity contribution in [1.29, 1.82) is 0 Å². The van der Waals surface area contributed by atoms with E-state index in [9.17, 15) is 9.90 Å². The molecule has 0 bridgehead atoms. The second kappa shape index (κ2) is 6.80. The standard InChI is InChI=1S/C11H20O4/c1-2-15-11(13)6-5-10(12)9-4-3-7-14-8-9/h9-10,12H,2-8H2,1H3. The van der Waals surface area contributed by atoms with Crippen molar-refractivity contribution in [2.45, 2.75) is 38.7 Å². The van der Waals surface area contributed by atoms with E-state index in [-0.39, 0.29) is 11.9 Å². The molecule has 0 aromatic carbocycles. The summed E-state index contributed by atoms with van der Waals surface area (Å²) in [5, 5.41) is 9.80. The van der Waals surface area contributed by atoms with Gasteiger partial charge in [-0.3, -0.25) is 4.79 Å². The van der Waals surface area contributed by atoms with Crippen LogP contribution in [0.2, 0.25) is 0 Å². The molecule has 0 aromatic rings. The molecule has 4 heteroatoms. The Labute approximate surface area is 90.6 Å². The van der Waals surface area contributed by atoms with Crippen molar-refractivity contribution in [2.24, 2.45) is 5.92 Å². The molecular weight excluding hydrogens is 196 g/mol. The lowest BCUT2D eigenvalue weighted by atomic mass is 9.93. The van der Waals surface area contributed by atoms with E-state index in [0.29, 0.717) is 26.1 Å². The lowest BCUT2D eigenvalue weighted by molar-refractivity contribution is -0.144. The number of carbonyl (C=O) groups is 1. The highest BCUT2D eigenvalue weighted by atomic mass is 16.5. The minimum Gasteiger partial charge on any atom is -0.466 e. The molecule has 1 N–H and O–H groups in total. The highest BCUT2D eigenvalue weighted by Gasteiger charge is 2.22. The van der Waals surface area contributed by atoms with Crippen molar-refractivity contribution >= 4 is 5.97 Å². The van der Waals surface area contributed by atoms with Gasteiger partial charge in [-0.25, -0.2) is 0 Å². The quantitative estimate of drug-likeness (QED) is 0.700. The minimum atomic E-state index is -0.435. The molecular formula is C11H20O4. The SMILES string of the molecule is CCOC(=O)CCC(O)C1CCCOC1. The Morgan fingerprint density at radius 2 is 2.47 bits per heavy atom. The number of hydrogen-bond acceptors (Lipinski definition) is 4. The van der Waals surface area contributed by atoms with E-state index < -0.39 is 6.10 Å². The van der Waals surface area contributed by atoms with Crippen LogP contribution in [0.4, 0.5) is 0 Å². The van der Waals surface area contributed by atoms with Crippen LogP contribution in [0.1, 0.15) is 32.6 Å². The number of aliphatic hydroxyl groups is 1. The summed E-state index contributed by atoms with van der Waals surface area (Å²) in [7, 11) is 0. The molecule has 2 atom stereocenters. The average Bonchev–Trinajstić information content (AvgIpc) is 2.27. The van der Waals surface area contributed by atoms with E-state index >= 15 is 0 Å². The topological polar surface area (TPSA) is 55.8 Å². The van der Waals surface area contributed by atoms with Crippen LogP contribution in [0, 0.1) is 5.92 Å². The molecule has 0 spiro atoms. The van der Waals surface area contributed by atoms with Crippen LogP contribution in [0.3, 0.4) is 0 Å². The van der Waals surface area contributed by atoms with Crippen LogP contribution in [-0.4, -0.2) is 37.0 Å². The summed E-state index contributed by atoms with van der Waals surface area (Å²) in [6.45, 7) is 3.59. The molecule has 1 saturated heterocycles. The first-order chi connectivity index (χ1) is 7.24. The van der Waals surface area contributed by atoms with Crippen molar-refractivity contribution < 1.29 is 19.4 Å². The van der Waals surface area contributed by atoms with Gasteiger partial charge in [0.1, 0.15) is 0 Å². The van der Waals surface area contributed by atoms with Crippen molar-refractivity contribution in [1.82, 2.24) is 0 Å². The predicted molar refractivity (Wildman–Crippen MR) is 55.4 cm³/mol. The van der Waals surface area contributed by atoms with E-state index in [2.05, 4.69) is 0 Å². The van der Waals surface area contributed by atoms with E-state index in [0.717, 1.165) is 19.4 Å². The van der Waals surface area contributed by atoms with Gasteiger partial charge < -0.3 is 14.6 Å². The number of rotatable bonds is 5. The van der Waals surface area contributed by atoms with Crippen LogP contribution >= 0.6 is 0 Å². The van der Waals surface area contributed by atoms with Crippen molar-refractivity contribution in [2.75, 3.05) is 19.8 Å². The van der Waals surface area contributed by atoms with Crippen molar-refractivity contribution in [3.63, 3.8) is 0 Å². The number of carbonyl (C=O) groups excluding carboxylic acids is 1. The monoisotopic (exact) mass is 216 g/mol. The number of esters is 1. The Kier molecular flexibility index (Phi) is 5.65. The maximum absolute atomic E-state index is 11.1. The third kappa shape index (κ3) is 4.62. The Hall–Kier alpha value is -0.610. The maximum Gasteiger partial charge on any atom is 0.305 e. The van der Waals surface area contributed by atoms with E-state index in [4.69, 9.17) is 9.47 Å². The maximum atomic E-state index is 11.1. The molecule has 1 heterocycles. The zero-order valence-electron chi connectivity index (χ0n) is 9.28. The molecule has 1 aliphatic rings. The molecule has 88 valence electrons. The third-order valence-electron chi connectivity index (χ3n) is 2.69. The lowest BCUT2D eigenvalue weighted by Crippen LogP contribution is -2.29. The van der Waals surface area contributed by atoms with Crippen molar-refractivity contribution in [3.05, 3.63) is 0 Å². The Balaban J connectivity index is 2.16.